The van der Waals surface area contributed by atoms with Crippen LogP contribution < -0.4 is 5.11 Å². The Morgan fingerprint density at radius 1 is 0.698 bits per heavy atom. The largest absolute Gasteiger partial charge is 2.00 e. The quantitative estimate of drug-likeness (QED) is 0.0863. The van der Waals surface area contributed by atoms with E-state index < -0.39 is 21.9 Å². The molecule has 0 fully saturated rings. The van der Waals surface area contributed by atoms with Gasteiger partial charge in [-0.3, -0.25) is 4.90 Å². The van der Waals surface area contributed by atoms with Crippen LogP contribution in [0.2, 0.25) is 39.3 Å². The SMILES string of the molecule is CCCCN(Cc1nc2ccccc2o1)Cc1cc(C)cc(C(c2ccccc2)(c2ccccc2)c2ccccc2)c1[O-].C[Si](C)(C)[N-][Si](C)(C)C.[Zn+2]. The fraction of sp³-hybridized carbons (Fsp3) is 0.311. The van der Waals surface area contributed by atoms with Crippen LogP contribution in [0.15, 0.2) is 132 Å². The van der Waals surface area contributed by atoms with Crippen molar-refractivity contribution in [3.8, 4) is 5.75 Å². The molecule has 272 valence electrons. The molecule has 0 radical (unpaired) electrons. The third kappa shape index (κ3) is 11.0. The molecule has 0 aliphatic heterocycles. The number of hydrogen-bond acceptors (Lipinski definition) is 4. The molecule has 5 aromatic carbocycles. The molecule has 0 amide bonds. The van der Waals surface area contributed by atoms with Gasteiger partial charge in [0, 0.05) is 6.54 Å². The van der Waals surface area contributed by atoms with Gasteiger partial charge in [0.2, 0.25) is 5.89 Å². The molecule has 53 heavy (non-hydrogen) atoms. The minimum atomic E-state index is -1.11. The van der Waals surface area contributed by atoms with Gasteiger partial charge < -0.3 is 14.2 Å². The second kappa shape index (κ2) is 18.6. The number of benzene rings is 5. The normalized spacial score (nSPS) is 11.9. The molecule has 6 aromatic rings. The van der Waals surface area contributed by atoms with Gasteiger partial charge in [-0.25, -0.2) is 4.98 Å². The number of aryl methyl sites for hydroxylation is 1. The van der Waals surface area contributed by atoms with Crippen molar-refractivity contribution in [3.05, 3.63) is 171 Å². The van der Waals surface area contributed by atoms with E-state index in [-0.39, 0.29) is 25.2 Å². The van der Waals surface area contributed by atoms with Crippen LogP contribution in [0, 0.1) is 6.92 Å². The second-order valence-corrected chi connectivity index (χ2v) is 25.3. The average Bonchev–Trinajstić information content (AvgIpc) is 3.52. The van der Waals surface area contributed by atoms with Gasteiger partial charge in [-0.2, -0.15) is 0 Å². The van der Waals surface area contributed by atoms with Crippen molar-refractivity contribution < 1.29 is 29.0 Å². The summed E-state index contributed by atoms with van der Waals surface area (Å²) >= 11 is 0. The molecule has 1 aromatic heterocycles. The topological polar surface area (TPSA) is 66.4 Å². The van der Waals surface area contributed by atoms with Gasteiger partial charge in [-0.15, -0.1) is 0 Å². The fourth-order valence-electron chi connectivity index (χ4n) is 7.30. The zero-order valence-corrected chi connectivity index (χ0v) is 38.0. The molecular formula is C45H55N3O2Si2Zn. The van der Waals surface area contributed by atoms with Crippen molar-refractivity contribution in [2.45, 2.75) is 84.5 Å². The summed E-state index contributed by atoms with van der Waals surface area (Å²) in [6.45, 7) is 20.0. The first-order valence-corrected chi connectivity index (χ1v) is 25.5. The Hall–Kier alpha value is -3.65. The average molecular weight is 792 g/mol. The molecule has 0 aliphatic rings. The van der Waals surface area contributed by atoms with E-state index in [1.807, 2.05) is 42.5 Å². The molecule has 0 N–H and O–H groups in total. The molecule has 0 aliphatic carbocycles. The first kappa shape index (κ1) is 42.1. The van der Waals surface area contributed by atoms with Crippen molar-refractivity contribution in [3.63, 3.8) is 0 Å². The number of hydrogen-bond donors (Lipinski definition) is 0. The van der Waals surface area contributed by atoms with Crippen LogP contribution in [0.3, 0.4) is 0 Å². The fourth-order valence-corrected chi connectivity index (χ4v) is 15.3. The standard InChI is InChI=1S/C39H38N2O2.C6H18NSi2.Zn/c1-3-4-24-41(28-37-40-35-22-14-15-23-36(35)43-37)27-30-25-29(2)26-34(38(30)42)39(31-16-8-5-9-17-31,32-18-10-6-11-19-32)33-20-12-7-13-21-33;1-8(2,3)7-9(4,5)6;/h5-23,25-26,42H,3-4,24,27-28H2,1-2H3;1-6H3;/q;-1;+2/p-1. The zero-order chi connectivity index (χ0) is 37.4. The molecule has 0 saturated carbocycles. The molecule has 0 saturated heterocycles. The Morgan fingerprint density at radius 3 is 1.64 bits per heavy atom. The monoisotopic (exact) mass is 789 g/mol. The maximum Gasteiger partial charge on any atom is 2.00 e. The molecule has 6 rings (SSSR count). The predicted octanol–water partition coefficient (Wildman–Crippen LogP) is 11.4. The van der Waals surface area contributed by atoms with Crippen LogP contribution in [-0.4, -0.2) is 32.9 Å². The summed E-state index contributed by atoms with van der Waals surface area (Å²) in [5.41, 5.74) is 6.67. The maximum atomic E-state index is 14.8. The van der Waals surface area contributed by atoms with Crippen molar-refractivity contribution >= 4 is 27.6 Å². The third-order valence-electron chi connectivity index (χ3n) is 8.92. The van der Waals surface area contributed by atoms with Gasteiger partial charge in [0.05, 0.1) is 12.0 Å². The molecule has 1 heterocycles. The van der Waals surface area contributed by atoms with Crippen LogP contribution in [0.4, 0.5) is 0 Å². The summed E-state index contributed by atoms with van der Waals surface area (Å²) in [6, 6.07) is 43.3. The maximum absolute atomic E-state index is 14.8. The van der Waals surface area contributed by atoms with Crippen LogP contribution in [0.25, 0.3) is 15.7 Å². The molecule has 0 unspecified atom stereocenters. The Balaban J connectivity index is 0.000000558. The van der Waals surface area contributed by atoms with Crippen molar-refractivity contribution in [2.24, 2.45) is 0 Å². The van der Waals surface area contributed by atoms with E-state index in [1.54, 1.807) is 0 Å². The van der Waals surface area contributed by atoms with E-state index in [9.17, 15) is 5.11 Å². The Kier molecular flexibility index (Phi) is 14.8. The Morgan fingerprint density at radius 2 is 1.19 bits per heavy atom. The molecule has 0 spiro atoms. The van der Waals surface area contributed by atoms with E-state index in [0.29, 0.717) is 19.0 Å². The number of fused-ring (bicyclic) bond motifs is 1. The number of unbranched alkanes of at least 4 members (excludes halogenated alkanes) is 1. The van der Waals surface area contributed by atoms with Crippen molar-refractivity contribution in [1.29, 1.82) is 0 Å². The van der Waals surface area contributed by atoms with Crippen LogP contribution in [0.1, 0.15) is 59.0 Å². The summed E-state index contributed by atoms with van der Waals surface area (Å²) in [6.07, 6.45) is 2.08. The van der Waals surface area contributed by atoms with Gasteiger partial charge >= 0.3 is 19.5 Å². The van der Waals surface area contributed by atoms with Gasteiger partial charge in [0.1, 0.15) is 5.52 Å². The predicted molar refractivity (Wildman–Crippen MR) is 222 cm³/mol. The third-order valence-corrected chi connectivity index (χ3v) is 14.3. The molecule has 0 atom stereocenters. The summed E-state index contributed by atoms with van der Waals surface area (Å²) in [4.78, 5) is 7.03. The van der Waals surface area contributed by atoms with E-state index in [2.05, 4.69) is 143 Å². The van der Waals surface area contributed by atoms with Gasteiger partial charge in [-0.1, -0.05) is 196 Å². The molecule has 5 nitrogen and oxygen atoms in total. The number of rotatable bonds is 13. The molecular weight excluding hydrogens is 736 g/mol. The number of aromatic nitrogens is 1. The van der Waals surface area contributed by atoms with Crippen LogP contribution in [-0.2, 0) is 38.0 Å². The number of nitrogens with zero attached hydrogens (tertiary/aromatic N) is 3. The second-order valence-electron chi connectivity index (χ2n) is 15.7. The van der Waals surface area contributed by atoms with Gasteiger partial charge in [0.25, 0.3) is 0 Å². The van der Waals surface area contributed by atoms with E-state index >= 15 is 0 Å². The molecule has 8 heteroatoms. The first-order chi connectivity index (χ1) is 24.8. The summed E-state index contributed by atoms with van der Waals surface area (Å²) < 4.78 is 10.9. The smallest absolute Gasteiger partial charge is 0.872 e. The first-order valence-electron chi connectivity index (χ1n) is 18.6. The Labute approximate surface area is 332 Å². The van der Waals surface area contributed by atoms with Crippen molar-refractivity contribution in [1.82, 2.24) is 9.88 Å². The Bertz CT molecular complexity index is 1870. The number of para-hydroxylation sites is 2. The number of oxazole rings is 1. The summed E-state index contributed by atoms with van der Waals surface area (Å²) in [5.74, 6) is 0.742. The van der Waals surface area contributed by atoms with E-state index in [4.69, 9.17) is 14.0 Å². The van der Waals surface area contributed by atoms with E-state index in [1.165, 1.54) is 0 Å². The van der Waals surface area contributed by atoms with Gasteiger partial charge in [0.15, 0.2) is 5.58 Å². The summed E-state index contributed by atoms with van der Waals surface area (Å²) in [7, 11) is -2.21. The minimum Gasteiger partial charge on any atom is -0.872 e. The zero-order valence-electron chi connectivity index (χ0n) is 33.0. The van der Waals surface area contributed by atoms with Crippen LogP contribution in [0.5, 0.6) is 5.75 Å². The van der Waals surface area contributed by atoms with Crippen LogP contribution >= 0.6 is 0 Å². The van der Waals surface area contributed by atoms with E-state index in [0.717, 1.165) is 63.9 Å². The summed E-state index contributed by atoms with van der Waals surface area (Å²) in [5, 5.41) is 14.8. The van der Waals surface area contributed by atoms with Gasteiger partial charge in [-0.05, 0) is 59.8 Å². The molecule has 0 bridgehead atoms. The van der Waals surface area contributed by atoms with Crippen molar-refractivity contribution in [2.75, 3.05) is 6.54 Å². The minimum absolute atomic E-state index is 0.